The highest BCUT2D eigenvalue weighted by atomic mass is 16.4. The van der Waals surface area contributed by atoms with E-state index in [1.54, 1.807) is 0 Å². The Balaban J connectivity index is 2.22. The quantitative estimate of drug-likeness (QED) is 0.767. The van der Waals surface area contributed by atoms with Crippen molar-refractivity contribution in [3.63, 3.8) is 0 Å². The predicted octanol–water partition coefficient (Wildman–Crippen LogP) is 1.38. The number of hydrogen-bond donors (Lipinski definition) is 2. The zero-order valence-electron chi connectivity index (χ0n) is 8.73. The number of carboxylic acids is 1. The van der Waals surface area contributed by atoms with E-state index in [1.807, 2.05) is 31.2 Å². The number of hydrogen-bond acceptors (Lipinski definition) is 2. The largest absolute Gasteiger partial charge is 0.481 e. The van der Waals surface area contributed by atoms with E-state index in [2.05, 4.69) is 5.32 Å². The fourth-order valence-corrected chi connectivity index (χ4v) is 2.10. The Morgan fingerprint density at radius 1 is 1.33 bits per heavy atom. The molecule has 2 rings (SSSR count). The Morgan fingerprint density at radius 3 is 2.60 bits per heavy atom. The van der Waals surface area contributed by atoms with Crippen molar-refractivity contribution < 1.29 is 9.90 Å². The van der Waals surface area contributed by atoms with E-state index in [-0.39, 0.29) is 11.8 Å². The first-order valence-corrected chi connectivity index (χ1v) is 5.18. The molecule has 1 aromatic rings. The van der Waals surface area contributed by atoms with E-state index >= 15 is 0 Å². The van der Waals surface area contributed by atoms with Gasteiger partial charge >= 0.3 is 5.97 Å². The number of carbonyl (C=O) groups is 1. The maximum absolute atomic E-state index is 11.0. The van der Waals surface area contributed by atoms with Gasteiger partial charge in [-0.25, -0.2) is 0 Å². The Kier molecular flexibility index (Phi) is 2.73. The molecule has 1 heterocycles. The zero-order valence-corrected chi connectivity index (χ0v) is 8.73. The summed E-state index contributed by atoms with van der Waals surface area (Å²) in [6.45, 7) is 3.37. The van der Waals surface area contributed by atoms with Crippen LogP contribution in [0.5, 0.6) is 0 Å². The third-order valence-electron chi connectivity index (χ3n) is 3.04. The molecule has 0 radical (unpaired) electrons. The van der Waals surface area contributed by atoms with Gasteiger partial charge in [-0.2, -0.15) is 0 Å². The lowest BCUT2D eigenvalue weighted by atomic mass is 9.89. The van der Waals surface area contributed by atoms with Gasteiger partial charge in [0, 0.05) is 19.0 Å². The summed E-state index contributed by atoms with van der Waals surface area (Å²) in [5.74, 6) is -0.874. The summed E-state index contributed by atoms with van der Waals surface area (Å²) in [5, 5.41) is 12.2. The standard InChI is InChI=1S/C12H15NO2/c1-8-2-4-9(5-3-8)10-6-13-7-11(10)12(14)15/h2-5,10-11,13H,6-7H2,1H3,(H,14,15)/t10-,11+/m0/s1. The Bertz CT molecular complexity index is 358. The van der Waals surface area contributed by atoms with E-state index < -0.39 is 5.97 Å². The number of nitrogens with one attached hydrogen (secondary N) is 1. The highest BCUT2D eigenvalue weighted by molar-refractivity contribution is 5.72. The first-order valence-electron chi connectivity index (χ1n) is 5.18. The molecule has 2 N–H and O–H groups in total. The molecular weight excluding hydrogens is 190 g/mol. The van der Waals surface area contributed by atoms with Gasteiger partial charge in [0.15, 0.2) is 0 Å². The number of rotatable bonds is 2. The van der Waals surface area contributed by atoms with Crippen LogP contribution >= 0.6 is 0 Å². The lowest BCUT2D eigenvalue weighted by Crippen LogP contribution is -2.20. The molecule has 15 heavy (non-hydrogen) atoms. The van der Waals surface area contributed by atoms with Crippen molar-refractivity contribution in [3.8, 4) is 0 Å². The predicted molar refractivity (Wildman–Crippen MR) is 57.9 cm³/mol. The normalized spacial score (nSPS) is 25.4. The molecule has 1 fully saturated rings. The van der Waals surface area contributed by atoms with Crippen molar-refractivity contribution in [1.29, 1.82) is 0 Å². The SMILES string of the molecule is Cc1ccc([C@@H]2CNC[C@H]2C(=O)O)cc1. The van der Waals surface area contributed by atoms with Crippen LogP contribution in [-0.4, -0.2) is 24.2 Å². The maximum Gasteiger partial charge on any atom is 0.308 e. The van der Waals surface area contributed by atoms with Crippen molar-refractivity contribution >= 4 is 5.97 Å². The topological polar surface area (TPSA) is 49.3 Å². The molecule has 1 aliphatic rings. The molecule has 0 amide bonds. The summed E-state index contributed by atoms with van der Waals surface area (Å²) in [6, 6.07) is 8.13. The Morgan fingerprint density at radius 2 is 2.00 bits per heavy atom. The summed E-state index contributed by atoms with van der Waals surface area (Å²) in [5.41, 5.74) is 2.33. The highest BCUT2D eigenvalue weighted by Crippen LogP contribution is 2.28. The molecule has 1 aromatic carbocycles. The molecule has 0 spiro atoms. The second-order valence-electron chi connectivity index (χ2n) is 4.12. The van der Waals surface area contributed by atoms with Gasteiger partial charge in [0.1, 0.15) is 0 Å². The summed E-state index contributed by atoms with van der Waals surface area (Å²) >= 11 is 0. The van der Waals surface area contributed by atoms with Crippen LogP contribution in [0, 0.1) is 12.8 Å². The van der Waals surface area contributed by atoms with Gasteiger partial charge < -0.3 is 10.4 Å². The Labute approximate surface area is 89.1 Å². The molecule has 0 saturated carbocycles. The second-order valence-corrected chi connectivity index (χ2v) is 4.12. The second kappa shape index (κ2) is 4.03. The van der Waals surface area contributed by atoms with E-state index in [4.69, 9.17) is 5.11 Å². The smallest absolute Gasteiger partial charge is 0.308 e. The van der Waals surface area contributed by atoms with Crippen LogP contribution in [-0.2, 0) is 4.79 Å². The molecule has 1 saturated heterocycles. The minimum absolute atomic E-state index is 0.114. The van der Waals surface area contributed by atoms with Gasteiger partial charge in [0.25, 0.3) is 0 Å². The van der Waals surface area contributed by atoms with Crippen molar-refractivity contribution in [3.05, 3.63) is 35.4 Å². The van der Waals surface area contributed by atoms with Crippen LogP contribution in [0.1, 0.15) is 17.0 Å². The van der Waals surface area contributed by atoms with Crippen molar-refractivity contribution in [1.82, 2.24) is 5.32 Å². The lowest BCUT2D eigenvalue weighted by molar-refractivity contribution is -0.141. The molecule has 0 bridgehead atoms. The summed E-state index contributed by atoms with van der Waals surface area (Å²) in [4.78, 5) is 11.0. The monoisotopic (exact) mass is 205 g/mol. The van der Waals surface area contributed by atoms with Crippen LogP contribution in [0.15, 0.2) is 24.3 Å². The number of aryl methyl sites for hydroxylation is 1. The van der Waals surface area contributed by atoms with Gasteiger partial charge in [-0.3, -0.25) is 4.79 Å². The third-order valence-corrected chi connectivity index (χ3v) is 3.04. The molecule has 3 heteroatoms. The number of aliphatic carboxylic acids is 1. The van der Waals surface area contributed by atoms with E-state index in [1.165, 1.54) is 5.56 Å². The summed E-state index contributed by atoms with van der Waals surface area (Å²) < 4.78 is 0. The molecule has 1 aliphatic heterocycles. The van der Waals surface area contributed by atoms with Gasteiger partial charge in [-0.05, 0) is 12.5 Å². The third kappa shape index (κ3) is 2.02. The molecule has 2 atom stereocenters. The fraction of sp³-hybridized carbons (Fsp3) is 0.417. The van der Waals surface area contributed by atoms with Gasteiger partial charge in [-0.1, -0.05) is 29.8 Å². The van der Waals surface area contributed by atoms with Gasteiger partial charge in [0.2, 0.25) is 0 Å². The maximum atomic E-state index is 11.0. The molecule has 0 aromatic heterocycles. The van der Waals surface area contributed by atoms with E-state index in [0.29, 0.717) is 6.54 Å². The molecule has 0 unspecified atom stereocenters. The zero-order chi connectivity index (χ0) is 10.8. The summed E-state index contributed by atoms with van der Waals surface area (Å²) in [6.07, 6.45) is 0. The highest BCUT2D eigenvalue weighted by Gasteiger charge is 2.33. The van der Waals surface area contributed by atoms with Crippen LogP contribution in [0.4, 0.5) is 0 Å². The molecule has 80 valence electrons. The molecule has 0 aliphatic carbocycles. The van der Waals surface area contributed by atoms with Crippen LogP contribution < -0.4 is 5.32 Å². The lowest BCUT2D eigenvalue weighted by Gasteiger charge is -2.14. The van der Waals surface area contributed by atoms with Crippen LogP contribution in [0.25, 0.3) is 0 Å². The first kappa shape index (κ1) is 10.2. The molecule has 3 nitrogen and oxygen atoms in total. The summed E-state index contributed by atoms with van der Waals surface area (Å²) in [7, 11) is 0. The van der Waals surface area contributed by atoms with E-state index in [0.717, 1.165) is 12.1 Å². The van der Waals surface area contributed by atoms with Crippen LogP contribution in [0.3, 0.4) is 0 Å². The Hall–Kier alpha value is -1.35. The van der Waals surface area contributed by atoms with E-state index in [9.17, 15) is 4.79 Å². The minimum Gasteiger partial charge on any atom is -0.481 e. The average molecular weight is 205 g/mol. The van der Waals surface area contributed by atoms with Crippen LogP contribution in [0.2, 0.25) is 0 Å². The van der Waals surface area contributed by atoms with Gasteiger partial charge in [0.05, 0.1) is 5.92 Å². The number of benzene rings is 1. The van der Waals surface area contributed by atoms with Crippen molar-refractivity contribution in [2.24, 2.45) is 5.92 Å². The van der Waals surface area contributed by atoms with Gasteiger partial charge in [-0.15, -0.1) is 0 Å². The fourth-order valence-electron chi connectivity index (χ4n) is 2.10. The number of carboxylic acid groups (broad SMARTS) is 1. The minimum atomic E-state index is -0.703. The average Bonchev–Trinajstić information content (AvgIpc) is 2.67. The first-order chi connectivity index (χ1) is 7.18. The molecular formula is C12H15NO2. The van der Waals surface area contributed by atoms with Crippen molar-refractivity contribution in [2.45, 2.75) is 12.8 Å². The van der Waals surface area contributed by atoms with Crippen molar-refractivity contribution in [2.75, 3.05) is 13.1 Å².